The van der Waals surface area contributed by atoms with Crippen molar-refractivity contribution in [3.63, 3.8) is 0 Å². The van der Waals surface area contributed by atoms with Gasteiger partial charge < -0.3 is 5.32 Å². The van der Waals surface area contributed by atoms with Crippen molar-refractivity contribution in [2.45, 2.75) is 6.54 Å². The van der Waals surface area contributed by atoms with Crippen molar-refractivity contribution in [2.24, 2.45) is 0 Å². The summed E-state index contributed by atoms with van der Waals surface area (Å²) < 4.78 is 3.34. The molecule has 0 saturated carbocycles. The van der Waals surface area contributed by atoms with Gasteiger partial charge in [-0.25, -0.2) is 0 Å². The van der Waals surface area contributed by atoms with Gasteiger partial charge in [-0.05, 0) is 42.0 Å². The maximum atomic E-state index is 12.4. The highest BCUT2D eigenvalue weighted by molar-refractivity contribution is 6.30. The molecule has 2 heterocycles. The third-order valence-electron chi connectivity index (χ3n) is 4.17. The number of hydrogen-bond acceptors (Lipinski definition) is 3. The lowest BCUT2D eigenvalue weighted by Gasteiger charge is -2.08. The highest BCUT2D eigenvalue weighted by atomic mass is 35.5. The van der Waals surface area contributed by atoms with E-state index < -0.39 is 0 Å². The van der Waals surface area contributed by atoms with E-state index in [9.17, 15) is 9.59 Å². The van der Waals surface area contributed by atoms with Crippen molar-refractivity contribution < 1.29 is 4.79 Å². The molecule has 4 rings (SSSR count). The van der Waals surface area contributed by atoms with E-state index in [1.165, 1.54) is 6.07 Å². The first-order valence-electron chi connectivity index (χ1n) is 8.53. The summed E-state index contributed by atoms with van der Waals surface area (Å²) in [5.74, 6) is -0.198. The SMILES string of the molecule is O=C(Nc1ccc(-n2ccc(=O)[nH]2)cc1)c1ccc(Cn2cc(Cl)cn2)cc1. The molecule has 0 unspecified atom stereocenters. The van der Waals surface area contributed by atoms with Gasteiger partial charge in [-0.3, -0.25) is 24.1 Å². The molecule has 2 aromatic carbocycles. The quantitative estimate of drug-likeness (QED) is 0.545. The molecule has 4 aromatic rings. The fraction of sp³-hybridized carbons (Fsp3) is 0.0500. The van der Waals surface area contributed by atoms with Crippen LogP contribution in [-0.2, 0) is 6.54 Å². The van der Waals surface area contributed by atoms with E-state index in [-0.39, 0.29) is 11.5 Å². The highest BCUT2D eigenvalue weighted by Crippen LogP contribution is 2.14. The van der Waals surface area contributed by atoms with Crippen molar-refractivity contribution in [1.82, 2.24) is 19.6 Å². The number of hydrogen-bond donors (Lipinski definition) is 2. The smallest absolute Gasteiger partial charge is 0.264 e. The van der Waals surface area contributed by atoms with Gasteiger partial charge in [0.15, 0.2) is 0 Å². The maximum Gasteiger partial charge on any atom is 0.264 e. The molecule has 0 atom stereocenters. The lowest BCUT2D eigenvalue weighted by atomic mass is 10.1. The van der Waals surface area contributed by atoms with Gasteiger partial charge in [0.1, 0.15) is 0 Å². The van der Waals surface area contributed by atoms with Crippen LogP contribution >= 0.6 is 11.6 Å². The number of amides is 1. The molecular weight excluding hydrogens is 378 g/mol. The molecule has 0 bridgehead atoms. The van der Waals surface area contributed by atoms with Crippen LogP contribution < -0.4 is 10.9 Å². The van der Waals surface area contributed by atoms with E-state index in [1.807, 2.05) is 24.3 Å². The standard InChI is InChI=1S/C20H16ClN5O2/c21-16-11-22-25(13-16)12-14-1-3-15(4-2-14)20(28)23-17-5-7-18(8-6-17)26-10-9-19(27)24-26/h1-11,13H,12H2,(H,23,28)(H,24,27). The number of aromatic amines is 1. The van der Waals surface area contributed by atoms with Gasteiger partial charge in [0, 0.05) is 29.7 Å². The Hall–Kier alpha value is -3.58. The Kier molecular flexibility index (Phi) is 4.82. The first-order valence-corrected chi connectivity index (χ1v) is 8.91. The van der Waals surface area contributed by atoms with E-state index in [4.69, 9.17) is 11.6 Å². The van der Waals surface area contributed by atoms with Crippen LogP contribution in [0.15, 0.2) is 78.0 Å². The summed E-state index contributed by atoms with van der Waals surface area (Å²) in [6.45, 7) is 0.581. The number of carbonyl (C=O) groups excluding carboxylic acids is 1. The Morgan fingerprint density at radius 3 is 2.43 bits per heavy atom. The fourth-order valence-electron chi connectivity index (χ4n) is 2.77. The third kappa shape index (κ3) is 4.05. The van der Waals surface area contributed by atoms with Crippen LogP contribution in [0.2, 0.25) is 5.02 Å². The number of carbonyl (C=O) groups is 1. The van der Waals surface area contributed by atoms with Crippen molar-refractivity contribution in [1.29, 1.82) is 0 Å². The molecule has 0 saturated heterocycles. The molecule has 0 radical (unpaired) electrons. The highest BCUT2D eigenvalue weighted by Gasteiger charge is 2.07. The topological polar surface area (TPSA) is 84.7 Å². The van der Waals surface area contributed by atoms with Crippen molar-refractivity contribution in [3.05, 3.63) is 99.7 Å². The first kappa shape index (κ1) is 17.8. The summed E-state index contributed by atoms with van der Waals surface area (Å²) in [4.78, 5) is 23.7. The number of nitrogens with one attached hydrogen (secondary N) is 2. The number of H-pyrrole nitrogens is 1. The lowest BCUT2D eigenvalue weighted by Crippen LogP contribution is -2.12. The van der Waals surface area contributed by atoms with E-state index in [0.29, 0.717) is 22.8 Å². The molecule has 0 fully saturated rings. The number of halogens is 1. The van der Waals surface area contributed by atoms with Crippen molar-refractivity contribution in [3.8, 4) is 5.69 Å². The van der Waals surface area contributed by atoms with E-state index in [0.717, 1.165) is 11.3 Å². The minimum Gasteiger partial charge on any atom is -0.322 e. The van der Waals surface area contributed by atoms with E-state index in [1.54, 1.807) is 52.2 Å². The Labute approximate surface area is 165 Å². The molecule has 1 amide bonds. The zero-order valence-electron chi connectivity index (χ0n) is 14.7. The van der Waals surface area contributed by atoms with Crippen LogP contribution in [0.25, 0.3) is 5.69 Å². The molecule has 0 aliphatic carbocycles. The van der Waals surface area contributed by atoms with Crippen LogP contribution in [0.3, 0.4) is 0 Å². The van der Waals surface area contributed by atoms with Gasteiger partial charge in [0.05, 0.1) is 23.5 Å². The number of aromatic nitrogens is 4. The Balaban J connectivity index is 1.41. The Morgan fingerprint density at radius 2 is 1.82 bits per heavy atom. The zero-order valence-corrected chi connectivity index (χ0v) is 15.4. The van der Waals surface area contributed by atoms with Crippen molar-refractivity contribution in [2.75, 3.05) is 5.32 Å². The number of benzene rings is 2. The van der Waals surface area contributed by atoms with Crippen LogP contribution in [0.4, 0.5) is 5.69 Å². The molecule has 140 valence electrons. The predicted octanol–water partition coefficient (Wildman–Crippen LogP) is 3.32. The molecule has 28 heavy (non-hydrogen) atoms. The van der Waals surface area contributed by atoms with Gasteiger partial charge in [0.2, 0.25) is 0 Å². The molecule has 2 aromatic heterocycles. The lowest BCUT2D eigenvalue weighted by molar-refractivity contribution is 0.102. The number of nitrogens with zero attached hydrogens (tertiary/aromatic N) is 3. The maximum absolute atomic E-state index is 12.4. The molecule has 7 nitrogen and oxygen atoms in total. The second-order valence-corrected chi connectivity index (χ2v) is 6.65. The molecule has 0 aliphatic rings. The van der Waals surface area contributed by atoms with Gasteiger partial charge >= 0.3 is 0 Å². The molecule has 2 N–H and O–H groups in total. The van der Waals surface area contributed by atoms with Crippen molar-refractivity contribution >= 4 is 23.2 Å². The van der Waals surface area contributed by atoms with Gasteiger partial charge in [0.25, 0.3) is 11.5 Å². The fourth-order valence-corrected chi connectivity index (χ4v) is 2.92. The second-order valence-electron chi connectivity index (χ2n) is 6.22. The largest absolute Gasteiger partial charge is 0.322 e. The normalized spacial score (nSPS) is 10.8. The van der Waals surface area contributed by atoms with Gasteiger partial charge in [-0.15, -0.1) is 0 Å². The van der Waals surface area contributed by atoms with E-state index in [2.05, 4.69) is 15.5 Å². The van der Waals surface area contributed by atoms with Crippen LogP contribution in [0, 0.1) is 0 Å². The van der Waals surface area contributed by atoms with Gasteiger partial charge in [-0.2, -0.15) is 5.10 Å². The van der Waals surface area contributed by atoms with Crippen LogP contribution in [0.5, 0.6) is 0 Å². The van der Waals surface area contributed by atoms with Crippen LogP contribution in [-0.4, -0.2) is 25.5 Å². The van der Waals surface area contributed by atoms with E-state index >= 15 is 0 Å². The summed E-state index contributed by atoms with van der Waals surface area (Å²) in [5.41, 5.74) is 2.86. The average Bonchev–Trinajstić information content (AvgIpc) is 3.31. The third-order valence-corrected chi connectivity index (χ3v) is 4.37. The first-order chi connectivity index (χ1) is 13.6. The molecule has 0 spiro atoms. The average molecular weight is 394 g/mol. The summed E-state index contributed by atoms with van der Waals surface area (Å²) in [5, 5.41) is 10.2. The van der Waals surface area contributed by atoms with Crippen LogP contribution in [0.1, 0.15) is 15.9 Å². The predicted molar refractivity (Wildman–Crippen MR) is 107 cm³/mol. The molecule has 0 aliphatic heterocycles. The summed E-state index contributed by atoms with van der Waals surface area (Å²) >= 11 is 5.86. The summed E-state index contributed by atoms with van der Waals surface area (Å²) in [6.07, 6.45) is 4.98. The minimum absolute atomic E-state index is 0.170. The Morgan fingerprint density at radius 1 is 1.07 bits per heavy atom. The minimum atomic E-state index is -0.198. The number of anilines is 1. The summed E-state index contributed by atoms with van der Waals surface area (Å²) in [6, 6.07) is 15.9. The monoisotopic (exact) mass is 393 g/mol. The Bertz CT molecular complexity index is 1160. The summed E-state index contributed by atoms with van der Waals surface area (Å²) in [7, 11) is 0. The zero-order chi connectivity index (χ0) is 19.5. The second kappa shape index (κ2) is 7.58. The molecule has 8 heteroatoms. The number of rotatable bonds is 5. The van der Waals surface area contributed by atoms with Gasteiger partial charge in [-0.1, -0.05) is 23.7 Å². The molecular formula is C20H16ClN5O2.